The number of hydrogen-bond donors (Lipinski definition) is 0. The minimum Gasteiger partial charge on any atom is -0.340 e. The maximum absolute atomic E-state index is 4.38. The van der Waals surface area contributed by atoms with Crippen molar-refractivity contribution < 1.29 is 0 Å². The molecule has 13 heavy (non-hydrogen) atoms. The van der Waals surface area contributed by atoms with Crippen molar-refractivity contribution in [3.8, 4) is 0 Å². The van der Waals surface area contributed by atoms with Crippen LogP contribution in [-0.4, -0.2) is 14.4 Å². The van der Waals surface area contributed by atoms with Gasteiger partial charge in [-0.15, -0.1) is 0 Å². The van der Waals surface area contributed by atoms with Crippen LogP contribution in [-0.2, 0) is 12.5 Å². The van der Waals surface area contributed by atoms with Gasteiger partial charge in [-0.25, -0.2) is 4.98 Å². The molecule has 0 aliphatic carbocycles. The van der Waals surface area contributed by atoms with E-state index in [2.05, 4.69) is 47.9 Å². The average molecular weight is 245 g/mol. The number of nitrogens with zero attached hydrogens (tertiary/aromatic N) is 2. The van der Waals surface area contributed by atoms with Crippen molar-refractivity contribution >= 4 is 15.9 Å². The Morgan fingerprint density at radius 3 is 2.62 bits per heavy atom. The molecule has 0 aromatic carbocycles. The first-order valence-electron chi connectivity index (χ1n) is 4.54. The van der Waals surface area contributed by atoms with Crippen LogP contribution in [0.3, 0.4) is 0 Å². The lowest BCUT2D eigenvalue weighted by Gasteiger charge is -2.23. The van der Waals surface area contributed by atoms with E-state index in [0.717, 1.165) is 6.42 Å². The largest absolute Gasteiger partial charge is 0.340 e. The number of halogens is 1. The quantitative estimate of drug-likeness (QED) is 0.749. The topological polar surface area (TPSA) is 17.8 Å². The summed E-state index contributed by atoms with van der Waals surface area (Å²) in [7, 11) is 2.00. The second kappa shape index (κ2) is 3.82. The molecule has 1 heterocycles. The van der Waals surface area contributed by atoms with E-state index >= 15 is 0 Å². The summed E-state index contributed by atoms with van der Waals surface area (Å²) < 4.78 is 2.00. The zero-order chi connectivity index (χ0) is 10.1. The van der Waals surface area contributed by atoms with E-state index in [-0.39, 0.29) is 5.41 Å². The molecule has 1 rings (SSSR count). The van der Waals surface area contributed by atoms with Crippen molar-refractivity contribution in [1.29, 1.82) is 0 Å². The normalized spacial score (nSPS) is 14.5. The Balaban J connectivity index is 2.80. The number of alkyl halides is 1. The molecule has 1 aromatic rings. The lowest BCUT2D eigenvalue weighted by molar-refractivity contribution is 0.470. The zero-order valence-corrected chi connectivity index (χ0v) is 10.3. The van der Waals surface area contributed by atoms with Crippen LogP contribution in [0.1, 0.15) is 32.9 Å². The fourth-order valence-corrected chi connectivity index (χ4v) is 2.38. The van der Waals surface area contributed by atoms with Crippen molar-refractivity contribution in [3.05, 3.63) is 18.2 Å². The van der Waals surface area contributed by atoms with Gasteiger partial charge in [-0.05, 0) is 6.42 Å². The highest BCUT2D eigenvalue weighted by molar-refractivity contribution is 9.09. The molecule has 1 atom stereocenters. The predicted molar refractivity (Wildman–Crippen MR) is 59.2 cm³/mol. The van der Waals surface area contributed by atoms with E-state index in [9.17, 15) is 0 Å². The second-order valence-electron chi connectivity index (χ2n) is 4.29. The SMILES string of the molecule is CC(Br)CC(C)(C)c1cn(C)cn1. The average Bonchev–Trinajstić information content (AvgIpc) is 2.32. The summed E-state index contributed by atoms with van der Waals surface area (Å²) >= 11 is 3.58. The summed E-state index contributed by atoms with van der Waals surface area (Å²) in [5, 5.41) is 0. The molecule has 0 aliphatic heterocycles. The third kappa shape index (κ3) is 2.83. The molecule has 0 aliphatic rings. The van der Waals surface area contributed by atoms with Crippen LogP contribution in [0, 0.1) is 0 Å². The monoisotopic (exact) mass is 244 g/mol. The molecule has 0 N–H and O–H groups in total. The molecule has 0 spiro atoms. The second-order valence-corrected chi connectivity index (χ2v) is 5.86. The van der Waals surface area contributed by atoms with Crippen LogP contribution in [0.4, 0.5) is 0 Å². The number of aromatic nitrogens is 2. The summed E-state index contributed by atoms with van der Waals surface area (Å²) in [5.74, 6) is 0. The molecule has 0 fully saturated rings. The molecule has 0 amide bonds. The van der Waals surface area contributed by atoms with Gasteiger partial charge in [0.1, 0.15) is 0 Å². The van der Waals surface area contributed by atoms with Crippen LogP contribution >= 0.6 is 15.9 Å². The van der Waals surface area contributed by atoms with Crippen molar-refractivity contribution in [2.45, 2.75) is 37.4 Å². The molecule has 0 bridgehead atoms. The van der Waals surface area contributed by atoms with E-state index in [4.69, 9.17) is 0 Å². The first-order chi connectivity index (χ1) is 5.92. The first kappa shape index (κ1) is 10.8. The highest BCUT2D eigenvalue weighted by Crippen LogP contribution is 2.28. The predicted octanol–water partition coefficient (Wildman–Crippen LogP) is 2.87. The molecule has 2 nitrogen and oxygen atoms in total. The summed E-state index contributed by atoms with van der Waals surface area (Å²) in [6.07, 6.45) is 5.05. The highest BCUT2D eigenvalue weighted by Gasteiger charge is 2.24. The minimum atomic E-state index is 0.157. The maximum atomic E-state index is 4.38. The summed E-state index contributed by atoms with van der Waals surface area (Å²) in [5.41, 5.74) is 1.32. The van der Waals surface area contributed by atoms with Gasteiger partial charge in [-0.1, -0.05) is 36.7 Å². The number of imidazole rings is 1. The molecule has 1 unspecified atom stereocenters. The Morgan fingerprint density at radius 2 is 2.23 bits per heavy atom. The van der Waals surface area contributed by atoms with Crippen molar-refractivity contribution in [2.24, 2.45) is 7.05 Å². The van der Waals surface area contributed by atoms with E-state index in [0.29, 0.717) is 4.83 Å². The molecular weight excluding hydrogens is 228 g/mol. The third-order valence-corrected chi connectivity index (χ3v) is 2.51. The van der Waals surface area contributed by atoms with Crippen LogP contribution in [0.15, 0.2) is 12.5 Å². The zero-order valence-electron chi connectivity index (χ0n) is 8.71. The van der Waals surface area contributed by atoms with Gasteiger partial charge in [0.05, 0.1) is 12.0 Å². The Bertz CT molecular complexity index is 276. The Morgan fingerprint density at radius 1 is 1.62 bits per heavy atom. The number of rotatable bonds is 3. The molecule has 74 valence electrons. The number of aryl methyl sites for hydroxylation is 1. The lowest BCUT2D eigenvalue weighted by Crippen LogP contribution is -2.21. The van der Waals surface area contributed by atoms with Gasteiger partial charge in [-0.2, -0.15) is 0 Å². The van der Waals surface area contributed by atoms with Gasteiger partial charge in [0.25, 0.3) is 0 Å². The van der Waals surface area contributed by atoms with E-state index in [1.54, 1.807) is 0 Å². The highest BCUT2D eigenvalue weighted by atomic mass is 79.9. The van der Waals surface area contributed by atoms with Crippen LogP contribution in [0.25, 0.3) is 0 Å². The summed E-state index contributed by atoms with van der Waals surface area (Å²) in [6.45, 7) is 6.63. The Labute approximate surface area is 88.5 Å². The minimum absolute atomic E-state index is 0.157. The fraction of sp³-hybridized carbons (Fsp3) is 0.700. The van der Waals surface area contributed by atoms with Crippen molar-refractivity contribution in [2.75, 3.05) is 0 Å². The Kier molecular flexibility index (Phi) is 3.17. The smallest absolute Gasteiger partial charge is 0.0947 e. The summed E-state index contributed by atoms with van der Waals surface area (Å²) in [6, 6.07) is 0. The molecule has 1 aromatic heterocycles. The molecular formula is C10H17BrN2. The van der Waals surface area contributed by atoms with Gasteiger partial charge in [-0.3, -0.25) is 0 Å². The molecule has 0 radical (unpaired) electrons. The molecule has 0 saturated carbocycles. The lowest BCUT2D eigenvalue weighted by atomic mass is 9.85. The fourth-order valence-electron chi connectivity index (χ4n) is 1.57. The van der Waals surface area contributed by atoms with E-state index in [1.807, 2.05) is 17.9 Å². The molecule has 3 heteroatoms. The van der Waals surface area contributed by atoms with Crippen LogP contribution in [0.2, 0.25) is 0 Å². The maximum Gasteiger partial charge on any atom is 0.0947 e. The van der Waals surface area contributed by atoms with Crippen LogP contribution < -0.4 is 0 Å². The van der Waals surface area contributed by atoms with Gasteiger partial charge < -0.3 is 4.57 Å². The standard InChI is InChI=1S/C10H17BrN2/c1-8(11)5-10(2,3)9-6-13(4)7-12-9/h6-8H,5H2,1-4H3. The Hall–Kier alpha value is -0.310. The van der Waals surface area contributed by atoms with E-state index in [1.165, 1.54) is 5.69 Å². The van der Waals surface area contributed by atoms with Crippen molar-refractivity contribution in [1.82, 2.24) is 9.55 Å². The first-order valence-corrected chi connectivity index (χ1v) is 5.46. The van der Waals surface area contributed by atoms with Gasteiger partial charge >= 0.3 is 0 Å². The van der Waals surface area contributed by atoms with Gasteiger partial charge in [0, 0.05) is 23.5 Å². The summed E-state index contributed by atoms with van der Waals surface area (Å²) in [4.78, 5) is 4.91. The van der Waals surface area contributed by atoms with Gasteiger partial charge in [0.2, 0.25) is 0 Å². The molecule has 0 saturated heterocycles. The van der Waals surface area contributed by atoms with Crippen LogP contribution in [0.5, 0.6) is 0 Å². The van der Waals surface area contributed by atoms with Gasteiger partial charge in [0.15, 0.2) is 0 Å². The van der Waals surface area contributed by atoms with Crippen molar-refractivity contribution in [3.63, 3.8) is 0 Å². The number of hydrogen-bond acceptors (Lipinski definition) is 1. The third-order valence-electron chi connectivity index (χ3n) is 2.19. The van der Waals surface area contributed by atoms with E-state index < -0.39 is 0 Å².